The van der Waals surface area contributed by atoms with E-state index in [1.54, 1.807) is 13.1 Å². The number of carbonyl (C=O) groups excluding carboxylic acids is 1. The molecule has 1 aromatic rings. The Morgan fingerprint density at radius 1 is 1.35 bits per heavy atom. The van der Waals surface area contributed by atoms with Crippen molar-refractivity contribution in [1.29, 1.82) is 0 Å². The summed E-state index contributed by atoms with van der Waals surface area (Å²) in [6.45, 7) is -0.0581. The third-order valence-electron chi connectivity index (χ3n) is 4.66. The van der Waals surface area contributed by atoms with E-state index in [1.807, 2.05) is 17.0 Å². The van der Waals surface area contributed by atoms with E-state index in [4.69, 9.17) is 16.2 Å². The zero-order chi connectivity index (χ0) is 18.7. The van der Waals surface area contributed by atoms with Crippen LogP contribution in [-0.2, 0) is 4.79 Å². The van der Waals surface area contributed by atoms with E-state index in [0.29, 0.717) is 11.7 Å². The van der Waals surface area contributed by atoms with Crippen LogP contribution in [0.15, 0.2) is 32.7 Å². The Kier molecular flexibility index (Phi) is 5.36. The fraction of sp³-hybridized carbons (Fsp3) is 0.471. The maximum Gasteiger partial charge on any atom is 0.257 e. The molecule has 26 heavy (non-hydrogen) atoms. The number of nitrogens with one attached hydrogen (secondary N) is 1. The summed E-state index contributed by atoms with van der Waals surface area (Å²) in [4.78, 5) is 22.2. The van der Waals surface area contributed by atoms with Crippen molar-refractivity contribution >= 4 is 39.4 Å². The minimum Gasteiger partial charge on any atom is -0.484 e. The molecular formula is C17H23BrN6O2. The Morgan fingerprint density at radius 2 is 2.08 bits per heavy atom. The van der Waals surface area contributed by atoms with Crippen molar-refractivity contribution in [3.05, 3.63) is 22.7 Å². The number of aliphatic imine (C=N–C) groups is 2. The molecule has 1 aliphatic heterocycles. The van der Waals surface area contributed by atoms with Crippen LogP contribution in [0.1, 0.15) is 32.1 Å². The van der Waals surface area contributed by atoms with Gasteiger partial charge in [-0.3, -0.25) is 9.69 Å². The molecule has 3 rings (SSSR count). The molecule has 1 aliphatic carbocycles. The third-order valence-corrected chi connectivity index (χ3v) is 5.33. The molecule has 0 saturated heterocycles. The van der Waals surface area contributed by atoms with Gasteiger partial charge in [0.1, 0.15) is 11.4 Å². The Balaban J connectivity index is 1.97. The second-order valence-corrected chi connectivity index (χ2v) is 7.25. The maximum absolute atomic E-state index is 11.4. The third kappa shape index (κ3) is 3.62. The van der Waals surface area contributed by atoms with E-state index < -0.39 is 5.66 Å². The van der Waals surface area contributed by atoms with Crippen LogP contribution in [-0.4, -0.2) is 37.1 Å². The Bertz CT molecular complexity index is 758. The number of halogens is 1. The SMILES string of the molecule is CNC(=O)COc1ccc(Br)c(N2C(N)=NC(N)=NC23CCCCC3)c1. The molecule has 2 aliphatic rings. The van der Waals surface area contributed by atoms with Crippen LogP contribution in [0, 0.1) is 0 Å². The number of ether oxygens (including phenoxy) is 1. The lowest BCUT2D eigenvalue weighted by Crippen LogP contribution is -2.58. The van der Waals surface area contributed by atoms with Gasteiger partial charge in [-0.15, -0.1) is 0 Å². The number of hydrogen-bond donors (Lipinski definition) is 3. The first-order valence-corrected chi connectivity index (χ1v) is 9.37. The Labute approximate surface area is 160 Å². The second kappa shape index (κ2) is 7.53. The van der Waals surface area contributed by atoms with Gasteiger partial charge in [0.25, 0.3) is 5.91 Å². The van der Waals surface area contributed by atoms with Crippen LogP contribution in [0.4, 0.5) is 5.69 Å². The van der Waals surface area contributed by atoms with Crippen LogP contribution in [0.2, 0.25) is 0 Å². The predicted molar refractivity (Wildman–Crippen MR) is 105 cm³/mol. The van der Waals surface area contributed by atoms with Crippen LogP contribution in [0.5, 0.6) is 5.75 Å². The van der Waals surface area contributed by atoms with Gasteiger partial charge in [0, 0.05) is 17.6 Å². The summed E-state index contributed by atoms with van der Waals surface area (Å²) in [6, 6.07) is 5.49. The number of guanidine groups is 2. The first kappa shape index (κ1) is 18.5. The number of rotatable bonds is 4. The molecule has 1 heterocycles. The van der Waals surface area contributed by atoms with Crippen molar-refractivity contribution in [2.45, 2.75) is 37.8 Å². The van der Waals surface area contributed by atoms with Gasteiger partial charge >= 0.3 is 0 Å². The lowest BCUT2D eigenvalue weighted by Gasteiger charge is -2.46. The summed E-state index contributed by atoms with van der Waals surface area (Å²) >= 11 is 3.59. The molecule has 0 aromatic heterocycles. The van der Waals surface area contributed by atoms with Gasteiger partial charge in [-0.2, -0.15) is 4.99 Å². The summed E-state index contributed by atoms with van der Waals surface area (Å²) < 4.78 is 6.41. The molecule has 0 atom stereocenters. The van der Waals surface area contributed by atoms with E-state index in [2.05, 4.69) is 31.2 Å². The lowest BCUT2D eigenvalue weighted by molar-refractivity contribution is -0.122. The smallest absolute Gasteiger partial charge is 0.257 e. The first-order valence-electron chi connectivity index (χ1n) is 8.58. The van der Waals surface area contributed by atoms with Crippen LogP contribution < -0.4 is 26.4 Å². The van der Waals surface area contributed by atoms with Crippen LogP contribution in [0.3, 0.4) is 0 Å². The van der Waals surface area contributed by atoms with Crippen molar-refractivity contribution in [1.82, 2.24) is 5.32 Å². The van der Waals surface area contributed by atoms with Crippen molar-refractivity contribution in [3.8, 4) is 5.75 Å². The van der Waals surface area contributed by atoms with Crippen LogP contribution >= 0.6 is 15.9 Å². The molecule has 1 saturated carbocycles. The molecule has 0 radical (unpaired) electrons. The van der Waals surface area contributed by atoms with Crippen molar-refractivity contribution in [3.63, 3.8) is 0 Å². The largest absolute Gasteiger partial charge is 0.484 e. The van der Waals surface area contributed by atoms with Crippen molar-refractivity contribution in [2.24, 2.45) is 21.5 Å². The van der Waals surface area contributed by atoms with Crippen LogP contribution in [0.25, 0.3) is 0 Å². The highest BCUT2D eigenvalue weighted by atomic mass is 79.9. The van der Waals surface area contributed by atoms with E-state index in [9.17, 15) is 4.79 Å². The number of carbonyl (C=O) groups is 1. The fourth-order valence-electron chi connectivity index (χ4n) is 3.44. The number of amides is 1. The van der Waals surface area contributed by atoms with Gasteiger partial charge in [-0.25, -0.2) is 4.99 Å². The number of anilines is 1. The van der Waals surface area contributed by atoms with Gasteiger partial charge in [0.05, 0.1) is 5.69 Å². The summed E-state index contributed by atoms with van der Waals surface area (Å²) in [5, 5.41) is 2.53. The number of nitrogens with two attached hydrogens (primary N) is 2. The van der Waals surface area contributed by atoms with E-state index in [1.165, 1.54) is 6.42 Å². The zero-order valence-electron chi connectivity index (χ0n) is 14.7. The average Bonchev–Trinajstić information content (AvgIpc) is 2.61. The van der Waals surface area contributed by atoms with Gasteiger partial charge < -0.3 is 21.5 Å². The highest BCUT2D eigenvalue weighted by Crippen LogP contribution is 2.42. The topological polar surface area (TPSA) is 118 Å². The standard InChI is InChI=1S/C17H23BrN6O2/c1-21-14(25)10-26-11-5-6-12(18)13(9-11)24-16(20)22-15(19)23-17(24)7-3-2-4-8-17/h5-6,9H,2-4,7-8,10H2,1H3,(H,21,25)(H4,19,20,22,23). The predicted octanol–water partition coefficient (Wildman–Crippen LogP) is 1.68. The van der Waals surface area contributed by atoms with E-state index in [-0.39, 0.29) is 18.5 Å². The molecule has 8 nitrogen and oxygen atoms in total. The minimum absolute atomic E-state index is 0.0581. The lowest BCUT2D eigenvalue weighted by atomic mass is 9.87. The van der Waals surface area contributed by atoms with Gasteiger partial charge in [-0.1, -0.05) is 6.42 Å². The second-order valence-electron chi connectivity index (χ2n) is 6.39. The normalized spacial score (nSPS) is 18.9. The molecular weight excluding hydrogens is 400 g/mol. The number of nitrogens with zero attached hydrogens (tertiary/aromatic N) is 3. The molecule has 9 heteroatoms. The number of hydrogen-bond acceptors (Lipinski definition) is 7. The first-order chi connectivity index (χ1) is 12.4. The molecule has 1 amide bonds. The monoisotopic (exact) mass is 422 g/mol. The highest BCUT2D eigenvalue weighted by Gasteiger charge is 2.43. The minimum atomic E-state index is -0.532. The average molecular weight is 423 g/mol. The zero-order valence-corrected chi connectivity index (χ0v) is 16.3. The molecule has 1 aromatic carbocycles. The van der Waals surface area contributed by atoms with Gasteiger partial charge in [0.15, 0.2) is 6.61 Å². The molecule has 1 fully saturated rings. The quantitative estimate of drug-likeness (QED) is 0.681. The Morgan fingerprint density at radius 3 is 2.77 bits per heavy atom. The molecule has 1 spiro atoms. The maximum atomic E-state index is 11.4. The molecule has 0 unspecified atom stereocenters. The summed E-state index contributed by atoms with van der Waals surface area (Å²) in [6.07, 6.45) is 4.95. The highest BCUT2D eigenvalue weighted by molar-refractivity contribution is 9.10. The van der Waals surface area contributed by atoms with E-state index >= 15 is 0 Å². The number of benzene rings is 1. The number of likely N-dealkylation sites (N-methyl/N-ethyl adjacent to an activating group) is 1. The van der Waals surface area contributed by atoms with Crippen molar-refractivity contribution in [2.75, 3.05) is 18.6 Å². The van der Waals surface area contributed by atoms with Gasteiger partial charge in [-0.05, 0) is 53.7 Å². The van der Waals surface area contributed by atoms with E-state index in [0.717, 1.165) is 35.8 Å². The summed E-state index contributed by atoms with van der Waals surface area (Å²) in [5.41, 5.74) is 12.4. The van der Waals surface area contributed by atoms with Gasteiger partial charge in [0.2, 0.25) is 11.9 Å². The molecule has 140 valence electrons. The Hall–Kier alpha value is -2.29. The summed E-state index contributed by atoms with van der Waals surface area (Å²) in [7, 11) is 1.57. The molecule has 5 N–H and O–H groups in total. The van der Waals surface area contributed by atoms with Crippen molar-refractivity contribution < 1.29 is 9.53 Å². The molecule has 0 bridgehead atoms. The summed E-state index contributed by atoms with van der Waals surface area (Å²) in [5.74, 6) is 0.884. The fourth-order valence-corrected chi connectivity index (χ4v) is 3.87.